The van der Waals surface area contributed by atoms with Gasteiger partial charge in [-0.1, -0.05) is 42.5 Å². The van der Waals surface area contributed by atoms with Crippen LogP contribution >= 0.6 is 0 Å². The number of phenolic OH excluding ortho intramolecular Hbond substituents is 1. The number of nitrogens with two attached hydrogens (primary N) is 3. The number of carbonyl (C=O) groups is 1. The van der Waals surface area contributed by atoms with Crippen LogP contribution in [0.3, 0.4) is 0 Å². The second-order valence-corrected chi connectivity index (χ2v) is 8.64. The monoisotopic (exact) mass is 433 g/mol. The van der Waals surface area contributed by atoms with E-state index in [0.29, 0.717) is 42.5 Å². The Bertz CT molecular complexity index is 1050. The molecule has 7 N–H and O–H groups in total. The van der Waals surface area contributed by atoms with Crippen molar-refractivity contribution in [2.75, 3.05) is 19.6 Å². The number of hydrogen-bond acceptors (Lipinski definition) is 6. The number of para-hydroxylation sites is 1. The molecule has 4 rings (SSSR count). The van der Waals surface area contributed by atoms with Crippen molar-refractivity contribution in [1.82, 2.24) is 9.80 Å². The number of allylic oxidation sites excluding steroid dienone is 1. The van der Waals surface area contributed by atoms with Gasteiger partial charge < -0.3 is 32.1 Å². The maximum absolute atomic E-state index is 13.2. The summed E-state index contributed by atoms with van der Waals surface area (Å²) in [6.07, 6.45) is 2.61. The van der Waals surface area contributed by atoms with Gasteiger partial charge in [0, 0.05) is 42.9 Å². The number of phenols is 1. The smallest absolute Gasteiger partial charge is 0.226 e. The number of amides is 1. The Balaban J connectivity index is 1.44. The van der Waals surface area contributed by atoms with Crippen LogP contribution in [-0.4, -0.2) is 46.5 Å². The fourth-order valence-corrected chi connectivity index (χ4v) is 4.55. The third-order valence-corrected chi connectivity index (χ3v) is 6.39. The van der Waals surface area contributed by atoms with Crippen LogP contribution in [0.2, 0.25) is 0 Å². The molecule has 32 heavy (non-hydrogen) atoms. The van der Waals surface area contributed by atoms with Gasteiger partial charge in [-0.25, -0.2) is 0 Å². The van der Waals surface area contributed by atoms with E-state index >= 15 is 0 Å². The lowest BCUT2D eigenvalue weighted by Crippen LogP contribution is -2.54. The lowest BCUT2D eigenvalue weighted by Gasteiger charge is -2.41. The predicted octanol–water partition coefficient (Wildman–Crippen LogP) is 2.11. The maximum Gasteiger partial charge on any atom is 0.226 e. The quantitative estimate of drug-likeness (QED) is 0.536. The van der Waals surface area contributed by atoms with Crippen LogP contribution in [0, 0.1) is 5.92 Å². The fourth-order valence-electron chi connectivity index (χ4n) is 4.55. The van der Waals surface area contributed by atoms with E-state index in [-0.39, 0.29) is 29.4 Å². The molecule has 2 aliphatic rings. The first-order valence-electron chi connectivity index (χ1n) is 11.0. The summed E-state index contributed by atoms with van der Waals surface area (Å²) in [7, 11) is 0. The summed E-state index contributed by atoms with van der Waals surface area (Å²) in [6, 6.07) is 17.1. The Labute approximate surface area is 188 Å². The molecule has 1 saturated heterocycles. The van der Waals surface area contributed by atoms with Crippen LogP contribution in [0.1, 0.15) is 30.4 Å². The molecular formula is C25H31N5O2. The number of aromatic hydroxyl groups is 1. The number of carbonyl (C=O) groups excluding carboxylic acids is 1. The number of hydrogen-bond donors (Lipinski definition) is 4. The molecule has 7 nitrogen and oxygen atoms in total. The van der Waals surface area contributed by atoms with Crippen molar-refractivity contribution >= 4 is 11.6 Å². The molecule has 3 atom stereocenters. The Hall–Kier alpha value is -3.61. The highest BCUT2D eigenvalue weighted by Crippen LogP contribution is 2.48. The molecule has 3 unspecified atom stereocenters. The van der Waals surface area contributed by atoms with Gasteiger partial charge in [0.2, 0.25) is 5.91 Å². The minimum atomic E-state index is 0.0161. The van der Waals surface area contributed by atoms with E-state index in [9.17, 15) is 9.90 Å². The Morgan fingerprint density at radius 3 is 2.38 bits per heavy atom. The fraction of sp³-hybridized carbons (Fsp3) is 0.320. The minimum Gasteiger partial charge on any atom is -0.507 e. The normalized spacial score (nSPS) is 23.0. The Kier molecular flexibility index (Phi) is 5.99. The van der Waals surface area contributed by atoms with Crippen molar-refractivity contribution < 1.29 is 9.90 Å². The summed E-state index contributed by atoms with van der Waals surface area (Å²) in [4.78, 5) is 17.2. The zero-order valence-corrected chi connectivity index (χ0v) is 18.3. The molecule has 0 bridgehead atoms. The first kappa shape index (κ1) is 21.6. The molecular weight excluding hydrogens is 402 g/mol. The first-order valence-corrected chi connectivity index (χ1v) is 11.0. The molecule has 0 aromatic heterocycles. The molecule has 7 heteroatoms. The SMILES string of the molecule is CC1CN(C(/C=C(\N)c2ccccc2O)=C(N)N)CCN1C(=O)C1CC1c1ccccc1. The summed E-state index contributed by atoms with van der Waals surface area (Å²) in [5.74, 6) is 0.864. The Morgan fingerprint density at radius 1 is 1.03 bits per heavy atom. The van der Waals surface area contributed by atoms with Crippen molar-refractivity contribution in [3.05, 3.63) is 83.3 Å². The van der Waals surface area contributed by atoms with E-state index in [4.69, 9.17) is 17.2 Å². The second-order valence-electron chi connectivity index (χ2n) is 8.64. The number of benzene rings is 2. The van der Waals surface area contributed by atoms with Crippen molar-refractivity contribution in [2.45, 2.75) is 25.3 Å². The minimum absolute atomic E-state index is 0.0161. The van der Waals surface area contributed by atoms with Gasteiger partial charge in [0.05, 0.1) is 5.70 Å². The van der Waals surface area contributed by atoms with Crippen LogP contribution < -0.4 is 17.2 Å². The molecule has 0 spiro atoms. The van der Waals surface area contributed by atoms with Crippen LogP contribution in [0.15, 0.2) is 72.2 Å². The lowest BCUT2D eigenvalue weighted by molar-refractivity contribution is -0.136. The largest absolute Gasteiger partial charge is 0.507 e. The van der Waals surface area contributed by atoms with Gasteiger partial charge >= 0.3 is 0 Å². The standard InChI is InChI=1S/C25H31N5O2/c1-16-15-29(22(24(27)28)14-21(26)18-9-5-6-10-23(18)31)11-12-30(16)25(32)20-13-19(20)17-7-3-2-4-8-17/h2-10,14,16,19-20,31H,11-13,15,26-28H2,1H3/b21-14-. The van der Waals surface area contributed by atoms with Crippen molar-refractivity contribution in [3.63, 3.8) is 0 Å². The van der Waals surface area contributed by atoms with Gasteiger partial charge in [0.1, 0.15) is 11.6 Å². The predicted molar refractivity (Wildman–Crippen MR) is 126 cm³/mol. The van der Waals surface area contributed by atoms with E-state index in [1.165, 1.54) is 5.56 Å². The van der Waals surface area contributed by atoms with Crippen LogP contribution in [0.25, 0.3) is 5.70 Å². The lowest BCUT2D eigenvalue weighted by atomic mass is 10.1. The van der Waals surface area contributed by atoms with E-state index in [1.807, 2.05) is 30.0 Å². The topological polar surface area (TPSA) is 122 Å². The number of piperazine rings is 1. The first-order chi connectivity index (χ1) is 15.4. The molecule has 1 amide bonds. The third-order valence-electron chi connectivity index (χ3n) is 6.39. The van der Waals surface area contributed by atoms with E-state index < -0.39 is 0 Å². The average Bonchev–Trinajstić information content (AvgIpc) is 3.58. The van der Waals surface area contributed by atoms with E-state index in [0.717, 1.165) is 6.42 Å². The molecule has 2 aromatic rings. The summed E-state index contributed by atoms with van der Waals surface area (Å²) < 4.78 is 0. The summed E-state index contributed by atoms with van der Waals surface area (Å²) in [6.45, 7) is 3.85. The van der Waals surface area contributed by atoms with Gasteiger partial charge in [-0.15, -0.1) is 0 Å². The molecule has 168 valence electrons. The van der Waals surface area contributed by atoms with E-state index in [2.05, 4.69) is 17.0 Å². The molecule has 1 saturated carbocycles. The Morgan fingerprint density at radius 2 is 1.72 bits per heavy atom. The van der Waals surface area contributed by atoms with Gasteiger partial charge in [-0.3, -0.25) is 4.79 Å². The average molecular weight is 434 g/mol. The highest BCUT2D eigenvalue weighted by Gasteiger charge is 2.47. The van der Waals surface area contributed by atoms with Crippen molar-refractivity contribution in [3.8, 4) is 5.75 Å². The second kappa shape index (κ2) is 8.86. The van der Waals surface area contributed by atoms with E-state index in [1.54, 1.807) is 30.3 Å². The highest BCUT2D eigenvalue weighted by molar-refractivity contribution is 5.83. The molecule has 2 fully saturated rings. The number of rotatable bonds is 5. The molecule has 1 aliphatic heterocycles. The zero-order valence-electron chi connectivity index (χ0n) is 18.3. The van der Waals surface area contributed by atoms with Crippen LogP contribution in [0.5, 0.6) is 5.75 Å². The molecule has 1 heterocycles. The third kappa shape index (κ3) is 4.37. The summed E-state index contributed by atoms with van der Waals surface area (Å²) >= 11 is 0. The molecule has 0 radical (unpaired) electrons. The maximum atomic E-state index is 13.2. The molecule has 2 aromatic carbocycles. The number of nitrogens with zero attached hydrogens (tertiary/aromatic N) is 2. The van der Waals surface area contributed by atoms with Gasteiger partial charge in [0.25, 0.3) is 0 Å². The van der Waals surface area contributed by atoms with Crippen molar-refractivity contribution in [1.29, 1.82) is 0 Å². The van der Waals surface area contributed by atoms with Crippen molar-refractivity contribution in [2.24, 2.45) is 23.1 Å². The van der Waals surface area contributed by atoms with Gasteiger partial charge in [-0.05, 0) is 43.0 Å². The molecule has 1 aliphatic carbocycles. The highest BCUT2D eigenvalue weighted by atomic mass is 16.3. The van der Waals surface area contributed by atoms with Crippen LogP contribution in [0.4, 0.5) is 0 Å². The summed E-state index contributed by atoms with van der Waals surface area (Å²) in [5, 5.41) is 10.1. The van der Waals surface area contributed by atoms with Crippen LogP contribution in [-0.2, 0) is 4.79 Å². The van der Waals surface area contributed by atoms with Gasteiger partial charge in [0.15, 0.2) is 0 Å². The van der Waals surface area contributed by atoms with Gasteiger partial charge in [-0.2, -0.15) is 0 Å². The zero-order chi connectivity index (χ0) is 22.8. The summed E-state index contributed by atoms with van der Waals surface area (Å²) in [5.41, 5.74) is 21.0.